The minimum Gasteiger partial charge on any atom is -0.480 e. The van der Waals surface area contributed by atoms with Crippen molar-refractivity contribution in [1.82, 2.24) is 14.5 Å². The Labute approximate surface area is 148 Å². The molecule has 0 radical (unpaired) electrons. The summed E-state index contributed by atoms with van der Waals surface area (Å²) in [5.41, 5.74) is 2.73. The van der Waals surface area contributed by atoms with Crippen LogP contribution in [0.5, 0.6) is 0 Å². The van der Waals surface area contributed by atoms with Crippen molar-refractivity contribution in [2.24, 2.45) is 0 Å². The molecule has 2 aromatic rings. The molecule has 1 aliphatic rings. The predicted octanol–water partition coefficient (Wildman–Crippen LogP) is 2.90. The number of aromatic nitrogens is 2. The number of fused-ring (bicyclic) bond motifs is 1. The van der Waals surface area contributed by atoms with Gasteiger partial charge in [-0.1, -0.05) is 26.0 Å². The van der Waals surface area contributed by atoms with Crippen LogP contribution in [0.25, 0.3) is 16.7 Å². The predicted molar refractivity (Wildman–Crippen MR) is 99.2 cm³/mol. The summed E-state index contributed by atoms with van der Waals surface area (Å²) in [5.74, 6) is -1.04. The van der Waals surface area contributed by atoms with E-state index in [1.807, 2.05) is 45.1 Å². The van der Waals surface area contributed by atoms with E-state index >= 15 is 0 Å². The SMILES string of the molecule is CC.Cc1cccc2c1n(C1=CC=C(Br)NC1)c(=O)n2CC(=O)O. The highest BCUT2D eigenvalue weighted by molar-refractivity contribution is 9.11. The molecule has 0 saturated carbocycles. The van der Waals surface area contributed by atoms with Gasteiger partial charge in [0, 0.05) is 5.70 Å². The van der Waals surface area contributed by atoms with Gasteiger partial charge in [0.15, 0.2) is 0 Å². The highest BCUT2D eigenvalue weighted by Crippen LogP contribution is 2.22. The molecular formula is C17H20BrN3O3. The number of aryl methyl sites for hydroxylation is 1. The Kier molecular flexibility index (Phi) is 5.66. The second kappa shape index (κ2) is 7.53. The number of aliphatic carboxylic acids is 1. The van der Waals surface area contributed by atoms with Gasteiger partial charge in [0.2, 0.25) is 0 Å². The number of benzene rings is 1. The lowest BCUT2D eigenvalue weighted by molar-refractivity contribution is -0.137. The first-order chi connectivity index (χ1) is 11.5. The van der Waals surface area contributed by atoms with Crippen LogP contribution in [-0.2, 0) is 11.3 Å². The number of carbonyl (C=O) groups is 1. The summed E-state index contributed by atoms with van der Waals surface area (Å²) in [6.07, 6.45) is 3.67. The van der Waals surface area contributed by atoms with Crippen LogP contribution in [0.3, 0.4) is 0 Å². The molecule has 3 rings (SSSR count). The van der Waals surface area contributed by atoms with Crippen LogP contribution >= 0.6 is 15.9 Å². The highest BCUT2D eigenvalue weighted by Gasteiger charge is 2.19. The van der Waals surface area contributed by atoms with E-state index in [1.165, 1.54) is 4.57 Å². The van der Waals surface area contributed by atoms with E-state index in [-0.39, 0.29) is 12.2 Å². The number of hydrogen-bond acceptors (Lipinski definition) is 3. The second-order valence-corrected chi connectivity index (χ2v) is 5.92. The number of rotatable bonds is 3. The van der Waals surface area contributed by atoms with Gasteiger partial charge in [-0.2, -0.15) is 0 Å². The number of halogens is 1. The van der Waals surface area contributed by atoms with Crippen LogP contribution in [0.1, 0.15) is 19.4 Å². The highest BCUT2D eigenvalue weighted by atomic mass is 79.9. The average molecular weight is 394 g/mol. The maximum absolute atomic E-state index is 12.7. The van der Waals surface area contributed by atoms with Gasteiger partial charge in [-0.05, 0) is 46.6 Å². The molecule has 0 amide bonds. The van der Waals surface area contributed by atoms with Crippen molar-refractivity contribution in [3.63, 3.8) is 0 Å². The fraction of sp³-hybridized carbons (Fsp3) is 0.294. The van der Waals surface area contributed by atoms with Crippen LogP contribution in [0.4, 0.5) is 0 Å². The van der Waals surface area contributed by atoms with Crippen LogP contribution in [0.15, 0.2) is 39.8 Å². The molecule has 1 aliphatic heterocycles. The number of dihydropyridines is 1. The van der Waals surface area contributed by atoms with E-state index in [4.69, 9.17) is 5.11 Å². The van der Waals surface area contributed by atoms with Crippen molar-refractivity contribution in [2.75, 3.05) is 6.54 Å². The number of hydrogen-bond donors (Lipinski definition) is 2. The first-order valence-corrected chi connectivity index (χ1v) is 8.51. The summed E-state index contributed by atoms with van der Waals surface area (Å²) in [7, 11) is 0. The zero-order valence-electron chi connectivity index (χ0n) is 13.8. The van der Waals surface area contributed by atoms with Crippen LogP contribution < -0.4 is 11.0 Å². The molecule has 0 spiro atoms. The van der Waals surface area contributed by atoms with Crippen molar-refractivity contribution >= 4 is 38.6 Å². The number of imidazole rings is 1. The monoisotopic (exact) mass is 393 g/mol. The third-order valence-corrected chi connectivity index (χ3v) is 4.14. The first-order valence-electron chi connectivity index (χ1n) is 7.72. The van der Waals surface area contributed by atoms with Crippen molar-refractivity contribution < 1.29 is 9.90 Å². The van der Waals surface area contributed by atoms with E-state index in [9.17, 15) is 9.59 Å². The summed E-state index contributed by atoms with van der Waals surface area (Å²) >= 11 is 3.34. The third kappa shape index (κ3) is 3.31. The molecule has 0 fully saturated rings. The molecule has 0 unspecified atom stereocenters. The number of nitrogens with one attached hydrogen (secondary N) is 1. The zero-order chi connectivity index (χ0) is 17.9. The Hall–Kier alpha value is -2.28. The van der Waals surface area contributed by atoms with Crippen LogP contribution in [0, 0.1) is 6.92 Å². The molecule has 1 aromatic carbocycles. The Morgan fingerprint density at radius 2 is 2.04 bits per heavy atom. The summed E-state index contributed by atoms with van der Waals surface area (Å²) in [6.45, 7) is 6.04. The van der Waals surface area contributed by atoms with Gasteiger partial charge >= 0.3 is 11.7 Å². The molecule has 1 aromatic heterocycles. The van der Waals surface area contributed by atoms with E-state index < -0.39 is 5.97 Å². The molecule has 0 bridgehead atoms. The van der Waals surface area contributed by atoms with Gasteiger partial charge in [0.05, 0.1) is 22.2 Å². The summed E-state index contributed by atoms with van der Waals surface area (Å²) < 4.78 is 3.71. The van der Waals surface area contributed by atoms with Crippen molar-refractivity contribution in [1.29, 1.82) is 0 Å². The quantitative estimate of drug-likeness (QED) is 0.785. The van der Waals surface area contributed by atoms with Crippen molar-refractivity contribution in [3.8, 4) is 0 Å². The Morgan fingerprint density at radius 1 is 1.33 bits per heavy atom. The van der Waals surface area contributed by atoms with E-state index in [2.05, 4.69) is 21.2 Å². The Balaban J connectivity index is 0.00000100. The first kappa shape index (κ1) is 18.1. The van der Waals surface area contributed by atoms with Gasteiger partial charge in [-0.15, -0.1) is 0 Å². The van der Waals surface area contributed by atoms with Crippen LogP contribution in [-0.4, -0.2) is 26.8 Å². The Morgan fingerprint density at radius 3 is 2.62 bits per heavy atom. The van der Waals surface area contributed by atoms with Crippen molar-refractivity contribution in [3.05, 3.63) is 51.0 Å². The minimum atomic E-state index is -1.04. The van der Waals surface area contributed by atoms with Gasteiger partial charge in [0.1, 0.15) is 6.54 Å². The fourth-order valence-corrected chi connectivity index (χ4v) is 2.91. The molecule has 0 atom stereocenters. The third-order valence-electron chi connectivity index (χ3n) is 3.59. The lowest BCUT2D eigenvalue weighted by atomic mass is 10.2. The van der Waals surface area contributed by atoms with Gasteiger partial charge in [0.25, 0.3) is 0 Å². The smallest absolute Gasteiger partial charge is 0.334 e. The van der Waals surface area contributed by atoms with Gasteiger partial charge in [-0.3, -0.25) is 13.9 Å². The van der Waals surface area contributed by atoms with Crippen LogP contribution in [0.2, 0.25) is 0 Å². The molecule has 0 saturated heterocycles. The Bertz CT molecular complexity index is 890. The molecule has 0 aliphatic carbocycles. The van der Waals surface area contributed by atoms with Gasteiger partial charge < -0.3 is 10.4 Å². The number of nitrogens with zero attached hydrogens (tertiary/aromatic N) is 2. The molecule has 6 nitrogen and oxygen atoms in total. The lowest BCUT2D eigenvalue weighted by Gasteiger charge is -2.15. The zero-order valence-corrected chi connectivity index (χ0v) is 15.4. The number of carboxylic acid groups (broad SMARTS) is 1. The lowest BCUT2D eigenvalue weighted by Crippen LogP contribution is -2.30. The average Bonchev–Trinajstić information content (AvgIpc) is 2.84. The standard InChI is InChI=1S/C15H14BrN3O3.C2H6/c1-9-3-2-4-11-14(9)19(10-5-6-12(16)17-7-10)15(22)18(11)8-13(20)21;1-2/h2-6,17H,7-8H2,1H3,(H,20,21);1-2H3. The van der Waals surface area contributed by atoms with E-state index in [0.29, 0.717) is 12.1 Å². The molecular weight excluding hydrogens is 374 g/mol. The summed E-state index contributed by atoms with van der Waals surface area (Å²) in [6, 6.07) is 5.50. The maximum atomic E-state index is 12.7. The molecule has 7 heteroatoms. The van der Waals surface area contributed by atoms with Gasteiger partial charge in [-0.25, -0.2) is 4.79 Å². The van der Waals surface area contributed by atoms with E-state index in [0.717, 1.165) is 21.4 Å². The number of para-hydroxylation sites is 1. The molecule has 24 heavy (non-hydrogen) atoms. The van der Waals surface area contributed by atoms with E-state index in [1.54, 1.807) is 10.6 Å². The second-order valence-electron chi connectivity index (χ2n) is 5.07. The molecule has 2 N–H and O–H groups in total. The molecule has 128 valence electrons. The number of carboxylic acids is 1. The largest absolute Gasteiger partial charge is 0.480 e. The molecule has 2 heterocycles. The topological polar surface area (TPSA) is 76.3 Å². The number of allylic oxidation sites excluding steroid dienone is 2. The maximum Gasteiger partial charge on any atom is 0.334 e. The summed E-state index contributed by atoms with van der Waals surface area (Å²) in [5, 5.41) is 12.2. The summed E-state index contributed by atoms with van der Waals surface area (Å²) in [4.78, 5) is 23.8. The minimum absolute atomic E-state index is 0.342. The fourth-order valence-electron chi connectivity index (χ4n) is 2.64. The van der Waals surface area contributed by atoms with Crippen molar-refractivity contribution in [2.45, 2.75) is 27.3 Å². The normalized spacial score (nSPS) is 13.5.